The first kappa shape index (κ1) is 22.1. The molecule has 0 heterocycles. The second-order valence-electron chi connectivity index (χ2n) is 6.36. The van der Waals surface area contributed by atoms with E-state index < -0.39 is 5.97 Å². The molecule has 0 saturated carbocycles. The Labute approximate surface area is 141 Å². The summed E-state index contributed by atoms with van der Waals surface area (Å²) in [6, 6.07) is 0. The van der Waals surface area contributed by atoms with E-state index in [4.69, 9.17) is 16.6 Å². The van der Waals surface area contributed by atoms with Crippen LogP contribution in [0.1, 0.15) is 83.5 Å². The van der Waals surface area contributed by atoms with Crippen LogP contribution in [-0.2, 0) is 4.79 Å². The lowest BCUT2D eigenvalue weighted by atomic mass is 10.1. The highest BCUT2D eigenvalue weighted by Crippen LogP contribution is 2.10. The van der Waals surface area contributed by atoms with Crippen LogP contribution in [0, 0.1) is 0 Å². The number of unbranched alkanes of at least 4 members (excludes halogenated alkanes) is 7. The smallest absolute Gasteiger partial charge is 0.303 e. The molecule has 23 heavy (non-hydrogen) atoms. The molecule has 0 fully saturated rings. The van der Waals surface area contributed by atoms with Gasteiger partial charge in [-0.1, -0.05) is 50.7 Å². The van der Waals surface area contributed by atoms with Crippen LogP contribution in [0.15, 0.2) is 12.2 Å². The van der Waals surface area contributed by atoms with Gasteiger partial charge in [-0.25, -0.2) is 0 Å². The Morgan fingerprint density at radius 3 is 2.17 bits per heavy atom. The van der Waals surface area contributed by atoms with Gasteiger partial charge < -0.3 is 21.7 Å². The van der Waals surface area contributed by atoms with E-state index in [0.717, 1.165) is 77.0 Å². The van der Waals surface area contributed by atoms with Crippen molar-refractivity contribution >= 4 is 5.97 Å². The number of nitrogens with two attached hydrogens (primary N) is 2. The highest BCUT2D eigenvalue weighted by molar-refractivity contribution is 5.66. The van der Waals surface area contributed by atoms with E-state index in [2.05, 4.69) is 12.2 Å². The average molecular weight is 328 g/mol. The summed E-state index contributed by atoms with van der Waals surface area (Å²) in [6.07, 6.45) is 15.8. The number of allylic oxidation sites excluding steroid dienone is 1. The fraction of sp³-hybridized carbons (Fsp3) is 0.833. The number of carboxylic acid groups (broad SMARTS) is 1. The van der Waals surface area contributed by atoms with Gasteiger partial charge in [0.1, 0.15) is 0 Å². The predicted molar refractivity (Wildman–Crippen MR) is 95.0 cm³/mol. The average Bonchev–Trinajstić information content (AvgIpc) is 2.48. The van der Waals surface area contributed by atoms with Crippen molar-refractivity contribution in [3.05, 3.63) is 12.2 Å². The molecule has 0 saturated heterocycles. The number of carbonyl (C=O) groups is 1. The van der Waals surface area contributed by atoms with Gasteiger partial charge in [0.05, 0.1) is 12.3 Å². The lowest BCUT2D eigenvalue weighted by Gasteiger charge is -2.08. The standard InChI is InChI=1S/C18H36N2O3/c19-17(20)14-10-7-9-13-16(21)12-8-5-3-1-2-4-6-11-15-18(22)23/h5,8,16-17,21H,1-4,6-7,9-15,19-20H2,(H,22,23)/b8-5-/t16-/m0/s1. The van der Waals surface area contributed by atoms with Crippen LogP contribution < -0.4 is 11.5 Å². The summed E-state index contributed by atoms with van der Waals surface area (Å²) in [6.45, 7) is 0. The topological polar surface area (TPSA) is 110 Å². The first-order chi connectivity index (χ1) is 11.0. The maximum absolute atomic E-state index is 10.3. The zero-order valence-corrected chi connectivity index (χ0v) is 14.5. The summed E-state index contributed by atoms with van der Waals surface area (Å²) in [4.78, 5) is 10.3. The van der Waals surface area contributed by atoms with Crippen LogP contribution in [0.5, 0.6) is 0 Å². The largest absolute Gasteiger partial charge is 0.481 e. The molecule has 5 nitrogen and oxygen atoms in total. The van der Waals surface area contributed by atoms with Gasteiger partial charge in [0.2, 0.25) is 0 Å². The van der Waals surface area contributed by atoms with Gasteiger partial charge >= 0.3 is 5.97 Å². The molecule has 0 aliphatic heterocycles. The number of carboxylic acids is 1. The third kappa shape index (κ3) is 19.0. The van der Waals surface area contributed by atoms with E-state index in [1.54, 1.807) is 0 Å². The van der Waals surface area contributed by atoms with Gasteiger partial charge in [0.15, 0.2) is 0 Å². The molecule has 0 aliphatic carbocycles. The van der Waals surface area contributed by atoms with Crippen molar-refractivity contribution in [2.45, 2.75) is 95.7 Å². The molecule has 136 valence electrons. The Kier molecular flexibility index (Phi) is 15.3. The Morgan fingerprint density at radius 2 is 1.48 bits per heavy atom. The number of aliphatic hydroxyl groups is 1. The highest BCUT2D eigenvalue weighted by Gasteiger charge is 2.02. The Hall–Kier alpha value is -0.910. The number of aliphatic carboxylic acids is 1. The normalized spacial score (nSPS) is 13.0. The maximum atomic E-state index is 10.3. The number of aliphatic hydroxyl groups excluding tert-OH is 1. The van der Waals surface area contributed by atoms with Crippen molar-refractivity contribution < 1.29 is 15.0 Å². The van der Waals surface area contributed by atoms with E-state index >= 15 is 0 Å². The Bertz CT molecular complexity index is 307. The molecule has 0 rings (SSSR count). The van der Waals surface area contributed by atoms with Crippen molar-refractivity contribution in [2.75, 3.05) is 0 Å². The molecule has 0 aromatic carbocycles. The number of hydrogen-bond donors (Lipinski definition) is 4. The van der Waals surface area contributed by atoms with E-state index in [-0.39, 0.29) is 18.7 Å². The molecule has 6 N–H and O–H groups in total. The Morgan fingerprint density at radius 1 is 0.870 bits per heavy atom. The molecule has 5 heteroatoms. The van der Waals surface area contributed by atoms with E-state index in [0.29, 0.717) is 0 Å². The van der Waals surface area contributed by atoms with Crippen LogP contribution in [0.25, 0.3) is 0 Å². The second-order valence-corrected chi connectivity index (χ2v) is 6.36. The summed E-state index contributed by atoms with van der Waals surface area (Å²) >= 11 is 0. The molecule has 0 bridgehead atoms. The lowest BCUT2D eigenvalue weighted by molar-refractivity contribution is -0.137. The van der Waals surface area contributed by atoms with E-state index in [1.807, 2.05) is 0 Å². The van der Waals surface area contributed by atoms with Crippen LogP contribution in [0.4, 0.5) is 0 Å². The molecule has 0 aromatic rings. The number of rotatable bonds is 16. The zero-order chi connectivity index (χ0) is 17.3. The summed E-state index contributed by atoms with van der Waals surface area (Å²) in [5, 5.41) is 18.4. The maximum Gasteiger partial charge on any atom is 0.303 e. The minimum atomic E-state index is -0.700. The second kappa shape index (κ2) is 16.0. The molecule has 1 atom stereocenters. The van der Waals surface area contributed by atoms with Gasteiger partial charge in [0, 0.05) is 6.42 Å². The van der Waals surface area contributed by atoms with E-state index in [1.165, 1.54) is 0 Å². The summed E-state index contributed by atoms with van der Waals surface area (Å²) in [7, 11) is 0. The molecule has 0 aromatic heterocycles. The molecule has 0 amide bonds. The monoisotopic (exact) mass is 328 g/mol. The van der Waals surface area contributed by atoms with Gasteiger partial charge in [-0.2, -0.15) is 0 Å². The van der Waals surface area contributed by atoms with Gasteiger partial charge in [0.25, 0.3) is 0 Å². The molecular weight excluding hydrogens is 292 g/mol. The first-order valence-electron chi connectivity index (χ1n) is 9.08. The Balaban J connectivity index is 3.30. The third-order valence-electron chi connectivity index (χ3n) is 3.91. The van der Waals surface area contributed by atoms with Crippen molar-refractivity contribution in [2.24, 2.45) is 11.5 Å². The SMILES string of the molecule is NC(N)CCCCC[C@@H](O)C/C=C\CCCCCCCC(=O)O. The van der Waals surface area contributed by atoms with Gasteiger partial charge in [-0.3, -0.25) is 4.79 Å². The quantitative estimate of drug-likeness (QED) is 0.197. The van der Waals surface area contributed by atoms with Crippen LogP contribution in [-0.4, -0.2) is 28.5 Å². The minimum absolute atomic E-state index is 0.208. The fourth-order valence-electron chi connectivity index (χ4n) is 2.49. The molecule has 0 spiro atoms. The molecule has 0 aliphatic rings. The predicted octanol–water partition coefficient (Wildman–Crippen LogP) is 3.30. The third-order valence-corrected chi connectivity index (χ3v) is 3.91. The highest BCUT2D eigenvalue weighted by atomic mass is 16.4. The summed E-state index contributed by atoms with van der Waals surface area (Å²) in [5.74, 6) is -0.700. The molecule has 0 unspecified atom stereocenters. The van der Waals surface area contributed by atoms with Gasteiger partial charge in [-0.15, -0.1) is 0 Å². The van der Waals surface area contributed by atoms with Crippen molar-refractivity contribution in [1.29, 1.82) is 0 Å². The zero-order valence-electron chi connectivity index (χ0n) is 14.5. The van der Waals surface area contributed by atoms with Crippen molar-refractivity contribution in [3.8, 4) is 0 Å². The first-order valence-corrected chi connectivity index (χ1v) is 9.08. The fourth-order valence-corrected chi connectivity index (χ4v) is 2.49. The van der Waals surface area contributed by atoms with E-state index in [9.17, 15) is 9.90 Å². The molecular formula is C18H36N2O3. The summed E-state index contributed by atoms with van der Waals surface area (Å²) in [5.41, 5.74) is 11.0. The minimum Gasteiger partial charge on any atom is -0.481 e. The van der Waals surface area contributed by atoms with Crippen LogP contribution in [0.3, 0.4) is 0 Å². The van der Waals surface area contributed by atoms with Crippen LogP contribution in [0.2, 0.25) is 0 Å². The van der Waals surface area contributed by atoms with Crippen molar-refractivity contribution in [1.82, 2.24) is 0 Å². The lowest BCUT2D eigenvalue weighted by Crippen LogP contribution is -2.29. The molecule has 0 radical (unpaired) electrons. The summed E-state index contributed by atoms with van der Waals surface area (Å²) < 4.78 is 0. The number of hydrogen-bond acceptors (Lipinski definition) is 4. The van der Waals surface area contributed by atoms with Crippen molar-refractivity contribution in [3.63, 3.8) is 0 Å². The van der Waals surface area contributed by atoms with Crippen LogP contribution >= 0.6 is 0 Å². The van der Waals surface area contributed by atoms with Gasteiger partial charge in [-0.05, 0) is 38.5 Å².